The third-order valence-electron chi connectivity index (χ3n) is 3.18. The summed E-state index contributed by atoms with van der Waals surface area (Å²) in [6, 6.07) is 15.6. The van der Waals surface area contributed by atoms with Crippen LogP contribution >= 0.6 is 0 Å². The third-order valence-corrected chi connectivity index (χ3v) is 3.18. The van der Waals surface area contributed by atoms with Crippen LogP contribution in [0.4, 0.5) is 0 Å². The molecule has 0 bridgehead atoms. The molecule has 2 aromatic rings. The summed E-state index contributed by atoms with van der Waals surface area (Å²) in [6.07, 6.45) is 2.59. The molecule has 114 valence electrons. The Hall–Kier alpha value is -2.62. The van der Waals surface area contributed by atoms with Gasteiger partial charge in [0.05, 0.1) is 6.21 Å². The fraction of sp³-hybridized carbons (Fsp3) is 0.222. The van der Waals surface area contributed by atoms with Crippen LogP contribution in [0.5, 0.6) is 5.75 Å². The van der Waals surface area contributed by atoms with Gasteiger partial charge in [0.2, 0.25) is 0 Å². The first-order valence-electron chi connectivity index (χ1n) is 7.27. The van der Waals surface area contributed by atoms with Crippen molar-refractivity contribution >= 4 is 12.1 Å². The summed E-state index contributed by atoms with van der Waals surface area (Å²) in [7, 11) is 0. The van der Waals surface area contributed by atoms with E-state index in [1.165, 1.54) is 11.1 Å². The van der Waals surface area contributed by atoms with Crippen LogP contribution in [-0.4, -0.2) is 18.7 Å². The molecule has 22 heavy (non-hydrogen) atoms. The van der Waals surface area contributed by atoms with E-state index in [0.717, 1.165) is 12.0 Å². The normalized spacial score (nSPS) is 10.6. The lowest BCUT2D eigenvalue weighted by molar-refractivity contribution is -0.123. The molecule has 2 rings (SSSR count). The standard InChI is InChI=1S/C18H20N2O2/c1-3-15-8-10-17(11-9-15)22-13-18(21)20-19-12-16-6-4-14(2)5-7-16/h4-12H,3,13H2,1-2H3,(H,20,21)/b19-12+. The number of hydrogen-bond donors (Lipinski definition) is 1. The number of hydrogen-bond acceptors (Lipinski definition) is 3. The number of carbonyl (C=O) groups excluding carboxylic acids is 1. The van der Waals surface area contributed by atoms with Crippen molar-refractivity contribution in [2.75, 3.05) is 6.61 Å². The highest BCUT2D eigenvalue weighted by Gasteiger charge is 2.01. The van der Waals surface area contributed by atoms with Gasteiger partial charge in [-0.1, -0.05) is 48.9 Å². The van der Waals surface area contributed by atoms with Crippen LogP contribution in [0.2, 0.25) is 0 Å². The monoisotopic (exact) mass is 296 g/mol. The van der Waals surface area contributed by atoms with Crippen molar-refractivity contribution in [3.05, 3.63) is 65.2 Å². The summed E-state index contributed by atoms with van der Waals surface area (Å²) in [4.78, 5) is 11.6. The third kappa shape index (κ3) is 5.05. The molecule has 0 aliphatic heterocycles. The molecule has 0 aromatic heterocycles. The molecule has 0 aliphatic rings. The maximum atomic E-state index is 11.6. The molecule has 0 spiro atoms. The average Bonchev–Trinajstić information content (AvgIpc) is 2.55. The molecular formula is C18H20N2O2. The lowest BCUT2D eigenvalue weighted by atomic mass is 10.2. The summed E-state index contributed by atoms with van der Waals surface area (Å²) in [5.41, 5.74) is 5.80. The van der Waals surface area contributed by atoms with E-state index >= 15 is 0 Å². The Labute approximate surface area is 130 Å². The van der Waals surface area contributed by atoms with E-state index in [1.807, 2.05) is 55.5 Å². The van der Waals surface area contributed by atoms with E-state index in [0.29, 0.717) is 5.75 Å². The highest BCUT2D eigenvalue weighted by atomic mass is 16.5. The lowest BCUT2D eigenvalue weighted by Gasteiger charge is -2.05. The molecule has 0 atom stereocenters. The molecule has 0 saturated heterocycles. The van der Waals surface area contributed by atoms with E-state index in [4.69, 9.17) is 4.74 Å². The summed E-state index contributed by atoms with van der Waals surface area (Å²) >= 11 is 0. The number of nitrogens with one attached hydrogen (secondary N) is 1. The van der Waals surface area contributed by atoms with Crippen molar-refractivity contribution in [3.63, 3.8) is 0 Å². The lowest BCUT2D eigenvalue weighted by Crippen LogP contribution is -2.24. The molecule has 0 fully saturated rings. The molecule has 1 amide bonds. The molecule has 4 nitrogen and oxygen atoms in total. The number of ether oxygens (including phenoxy) is 1. The van der Waals surface area contributed by atoms with Gasteiger partial charge in [-0.25, -0.2) is 5.43 Å². The molecule has 0 saturated carbocycles. The van der Waals surface area contributed by atoms with Crippen molar-refractivity contribution in [2.24, 2.45) is 5.10 Å². The second kappa shape index (κ2) is 7.98. The summed E-state index contributed by atoms with van der Waals surface area (Å²) < 4.78 is 5.40. The van der Waals surface area contributed by atoms with E-state index in [1.54, 1.807) is 6.21 Å². The number of carbonyl (C=O) groups is 1. The fourth-order valence-corrected chi connectivity index (χ4v) is 1.83. The fourth-order valence-electron chi connectivity index (χ4n) is 1.83. The maximum absolute atomic E-state index is 11.6. The zero-order valence-corrected chi connectivity index (χ0v) is 12.9. The van der Waals surface area contributed by atoms with Gasteiger partial charge in [0.25, 0.3) is 5.91 Å². The van der Waals surface area contributed by atoms with Crippen molar-refractivity contribution in [2.45, 2.75) is 20.3 Å². The number of aryl methyl sites for hydroxylation is 2. The minimum absolute atomic E-state index is 0.0588. The molecule has 0 aliphatic carbocycles. The Morgan fingerprint density at radius 3 is 2.45 bits per heavy atom. The number of hydrazone groups is 1. The summed E-state index contributed by atoms with van der Waals surface area (Å²) in [5.74, 6) is 0.387. The average molecular weight is 296 g/mol. The minimum atomic E-state index is -0.289. The predicted octanol–water partition coefficient (Wildman–Crippen LogP) is 3.09. The van der Waals surface area contributed by atoms with Crippen LogP contribution in [0.1, 0.15) is 23.6 Å². The predicted molar refractivity (Wildman–Crippen MR) is 88.2 cm³/mol. The highest BCUT2D eigenvalue weighted by Crippen LogP contribution is 2.12. The van der Waals surface area contributed by atoms with Gasteiger partial charge in [-0.15, -0.1) is 0 Å². The first kappa shape index (κ1) is 15.8. The van der Waals surface area contributed by atoms with Gasteiger partial charge < -0.3 is 4.74 Å². The Morgan fingerprint density at radius 2 is 1.82 bits per heavy atom. The maximum Gasteiger partial charge on any atom is 0.277 e. The van der Waals surface area contributed by atoms with Gasteiger partial charge >= 0.3 is 0 Å². The molecular weight excluding hydrogens is 276 g/mol. The first-order chi connectivity index (χ1) is 10.7. The Kier molecular flexibility index (Phi) is 5.72. The molecule has 0 unspecified atom stereocenters. The van der Waals surface area contributed by atoms with Crippen LogP contribution in [0.3, 0.4) is 0 Å². The second-order valence-corrected chi connectivity index (χ2v) is 4.99. The highest BCUT2D eigenvalue weighted by molar-refractivity contribution is 5.82. The minimum Gasteiger partial charge on any atom is -0.484 e. The second-order valence-electron chi connectivity index (χ2n) is 4.99. The van der Waals surface area contributed by atoms with E-state index in [2.05, 4.69) is 17.5 Å². The zero-order chi connectivity index (χ0) is 15.8. The van der Waals surface area contributed by atoms with Crippen LogP contribution in [0.25, 0.3) is 0 Å². The largest absolute Gasteiger partial charge is 0.484 e. The number of nitrogens with zero attached hydrogens (tertiary/aromatic N) is 1. The summed E-state index contributed by atoms with van der Waals surface area (Å²) in [5, 5.41) is 3.91. The Balaban J connectivity index is 1.76. The number of benzene rings is 2. The van der Waals surface area contributed by atoms with Crippen molar-refractivity contribution in [3.8, 4) is 5.75 Å². The molecule has 1 N–H and O–H groups in total. The van der Waals surface area contributed by atoms with Gasteiger partial charge in [0, 0.05) is 0 Å². The first-order valence-corrected chi connectivity index (χ1v) is 7.27. The topological polar surface area (TPSA) is 50.7 Å². The van der Waals surface area contributed by atoms with Crippen LogP contribution in [0, 0.1) is 6.92 Å². The quantitative estimate of drug-likeness (QED) is 0.658. The Morgan fingerprint density at radius 1 is 1.14 bits per heavy atom. The van der Waals surface area contributed by atoms with E-state index in [-0.39, 0.29) is 12.5 Å². The Bertz CT molecular complexity index is 631. The van der Waals surface area contributed by atoms with Gasteiger partial charge in [-0.05, 0) is 36.6 Å². The van der Waals surface area contributed by atoms with Gasteiger partial charge in [0.15, 0.2) is 6.61 Å². The van der Waals surface area contributed by atoms with Gasteiger partial charge in [-0.2, -0.15) is 5.10 Å². The van der Waals surface area contributed by atoms with Crippen molar-refractivity contribution in [1.29, 1.82) is 0 Å². The zero-order valence-electron chi connectivity index (χ0n) is 12.9. The van der Waals surface area contributed by atoms with Gasteiger partial charge in [-0.3, -0.25) is 4.79 Å². The van der Waals surface area contributed by atoms with Crippen molar-refractivity contribution < 1.29 is 9.53 Å². The smallest absolute Gasteiger partial charge is 0.277 e. The molecule has 0 radical (unpaired) electrons. The van der Waals surface area contributed by atoms with E-state index in [9.17, 15) is 4.79 Å². The molecule has 2 aromatic carbocycles. The number of rotatable bonds is 6. The summed E-state index contributed by atoms with van der Waals surface area (Å²) in [6.45, 7) is 4.05. The van der Waals surface area contributed by atoms with Crippen LogP contribution in [0.15, 0.2) is 53.6 Å². The van der Waals surface area contributed by atoms with Crippen molar-refractivity contribution in [1.82, 2.24) is 5.43 Å². The SMILES string of the molecule is CCc1ccc(OCC(=O)N/N=C/c2ccc(C)cc2)cc1. The van der Waals surface area contributed by atoms with Crippen LogP contribution in [-0.2, 0) is 11.2 Å². The molecule has 0 heterocycles. The molecule has 4 heteroatoms. The van der Waals surface area contributed by atoms with Crippen LogP contribution < -0.4 is 10.2 Å². The number of amides is 1. The van der Waals surface area contributed by atoms with E-state index < -0.39 is 0 Å². The van der Waals surface area contributed by atoms with Gasteiger partial charge in [0.1, 0.15) is 5.75 Å².